The molecule has 2 aromatic carbocycles. The minimum Gasteiger partial charge on any atom is -0.507 e. The van der Waals surface area contributed by atoms with E-state index >= 15 is 0 Å². The van der Waals surface area contributed by atoms with Crippen LogP contribution in [-0.2, 0) is 9.59 Å². The van der Waals surface area contributed by atoms with E-state index < -0.39 is 17.7 Å². The highest BCUT2D eigenvalue weighted by atomic mass is 35.5. The lowest BCUT2D eigenvalue weighted by Gasteiger charge is -2.21. The average molecular weight is 328 g/mol. The fraction of sp³-hybridized carbons (Fsp3) is 0.111. The zero-order chi connectivity index (χ0) is 16.6. The highest BCUT2D eigenvalue weighted by molar-refractivity contribution is 6.46. The second kappa shape index (κ2) is 5.89. The molecular formula is C18H14ClNO3. The molecule has 1 N–H and O–H groups in total. The summed E-state index contributed by atoms with van der Waals surface area (Å²) in [6.45, 7) is 0. The smallest absolute Gasteiger partial charge is 0.295 e. The van der Waals surface area contributed by atoms with Crippen LogP contribution in [0.5, 0.6) is 0 Å². The zero-order valence-corrected chi connectivity index (χ0v) is 13.1. The van der Waals surface area contributed by atoms with Crippen molar-refractivity contribution >= 4 is 29.1 Å². The summed E-state index contributed by atoms with van der Waals surface area (Å²) < 4.78 is 0. The van der Waals surface area contributed by atoms with Crippen LogP contribution in [0.3, 0.4) is 0 Å². The number of Topliss-reactive ketones (excluding diaryl/α,β-unsaturated/α-hetero) is 1. The van der Waals surface area contributed by atoms with Gasteiger partial charge in [-0.1, -0.05) is 54.1 Å². The quantitative estimate of drug-likeness (QED) is 0.522. The number of aliphatic hydroxyl groups is 1. The normalized spacial score (nSPS) is 20.1. The largest absolute Gasteiger partial charge is 0.507 e. The van der Waals surface area contributed by atoms with Crippen LogP contribution in [0.1, 0.15) is 17.2 Å². The minimum atomic E-state index is -0.686. The van der Waals surface area contributed by atoms with Crippen LogP contribution < -0.4 is 0 Å². The number of amides is 1. The van der Waals surface area contributed by atoms with Crippen molar-refractivity contribution in [3.05, 3.63) is 76.3 Å². The Morgan fingerprint density at radius 1 is 1.04 bits per heavy atom. The van der Waals surface area contributed by atoms with Gasteiger partial charge in [-0.15, -0.1) is 0 Å². The Bertz CT molecular complexity index is 797. The molecule has 0 unspecified atom stereocenters. The third-order valence-corrected chi connectivity index (χ3v) is 4.16. The number of rotatable bonds is 2. The molecule has 1 fully saturated rings. The Hall–Kier alpha value is -2.59. The lowest BCUT2D eigenvalue weighted by atomic mass is 9.95. The summed E-state index contributed by atoms with van der Waals surface area (Å²) in [5, 5.41) is 11.1. The predicted octanol–water partition coefficient (Wildman–Crippen LogP) is 3.39. The van der Waals surface area contributed by atoms with Crippen LogP contribution in [0, 0.1) is 0 Å². The summed E-state index contributed by atoms with van der Waals surface area (Å²) in [6, 6.07) is 14.9. The Morgan fingerprint density at radius 3 is 2.26 bits per heavy atom. The molecule has 23 heavy (non-hydrogen) atoms. The van der Waals surface area contributed by atoms with Gasteiger partial charge in [0.05, 0.1) is 11.6 Å². The van der Waals surface area contributed by atoms with E-state index in [4.69, 9.17) is 11.6 Å². The second-order valence-corrected chi connectivity index (χ2v) is 5.76. The monoisotopic (exact) mass is 327 g/mol. The van der Waals surface area contributed by atoms with Gasteiger partial charge in [-0.3, -0.25) is 9.59 Å². The number of likely N-dealkylation sites (tertiary alicyclic amines) is 1. The van der Waals surface area contributed by atoms with Gasteiger partial charge >= 0.3 is 0 Å². The number of hydrogen-bond acceptors (Lipinski definition) is 3. The highest BCUT2D eigenvalue weighted by Gasteiger charge is 2.44. The van der Waals surface area contributed by atoms with Crippen molar-refractivity contribution in [3.63, 3.8) is 0 Å². The molecule has 0 aromatic heterocycles. The van der Waals surface area contributed by atoms with Crippen molar-refractivity contribution in [2.75, 3.05) is 7.05 Å². The van der Waals surface area contributed by atoms with Crippen LogP contribution in [0.15, 0.2) is 60.2 Å². The Morgan fingerprint density at radius 2 is 1.65 bits per heavy atom. The molecule has 1 atom stereocenters. The molecule has 1 aliphatic rings. The van der Waals surface area contributed by atoms with Crippen LogP contribution in [0.4, 0.5) is 0 Å². The number of likely N-dealkylation sites (N-methyl/N-ethyl adjacent to an activating group) is 1. The van der Waals surface area contributed by atoms with Crippen molar-refractivity contribution in [2.45, 2.75) is 6.04 Å². The van der Waals surface area contributed by atoms with Crippen molar-refractivity contribution in [2.24, 2.45) is 0 Å². The molecule has 1 aliphatic heterocycles. The first kappa shape index (κ1) is 15.3. The van der Waals surface area contributed by atoms with Crippen LogP contribution in [0.25, 0.3) is 5.76 Å². The molecule has 2 aromatic rings. The Balaban J connectivity index is 2.17. The van der Waals surface area contributed by atoms with Crippen LogP contribution in [-0.4, -0.2) is 28.7 Å². The number of carbonyl (C=O) groups excluding carboxylic acids is 2. The SMILES string of the molecule is CN1C(=O)C(=O)C(=C(O)c2ccccc2)[C@H]1c1ccc(Cl)cc1. The number of carbonyl (C=O) groups is 2. The number of aliphatic hydroxyl groups excluding tert-OH is 1. The van der Waals surface area contributed by atoms with E-state index in [0.717, 1.165) is 0 Å². The van der Waals surface area contributed by atoms with Gasteiger partial charge < -0.3 is 10.0 Å². The number of hydrogen-bond donors (Lipinski definition) is 1. The maximum Gasteiger partial charge on any atom is 0.295 e. The fourth-order valence-electron chi connectivity index (χ4n) is 2.73. The summed E-state index contributed by atoms with van der Waals surface area (Å²) >= 11 is 5.90. The molecule has 0 aliphatic carbocycles. The molecule has 0 bridgehead atoms. The fourth-order valence-corrected chi connectivity index (χ4v) is 2.86. The Kier molecular flexibility index (Phi) is 3.92. The average Bonchev–Trinajstić information content (AvgIpc) is 2.80. The van der Waals surface area contributed by atoms with Gasteiger partial charge in [-0.25, -0.2) is 0 Å². The van der Waals surface area contributed by atoms with E-state index in [2.05, 4.69) is 0 Å². The number of nitrogens with zero attached hydrogens (tertiary/aromatic N) is 1. The van der Waals surface area contributed by atoms with Crippen molar-refractivity contribution in [3.8, 4) is 0 Å². The maximum atomic E-state index is 12.3. The van der Waals surface area contributed by atoms with E-state index in [1.54, 1.807) is 55.6 Å². The second-order valence-electron chi connectivity index (χ2n) is 5.33. The molecule has 1 saturated heterocycles. The van der Waals surface area contributed by atoms with Crippen molar-refractivity contribution in [1.82, 2.24) is 4.90 Å². The van der Waals surface area contributed by atoms with E-state index in [1.165, 1.54) is 4.90 Å². The van der Waals surface area contributed by atoms with Gasteiger partial charge in [0.25, 0.3) is 11.7 Å². The van der Waals surface area contributed by atoms with Crippen LogP contribution in [0.2, 0.25) is 5.02 Å². The Labute approximate surface area is 138 Å². The van der Waals surface area contributed by atoms with E-state index in [-0.39, 0.29) is 11.3 Å². The number of benzene rings is 2. The van der Waals surface area contributed by atoms with Gasteiger partial charge in [0.1, 0.15) is 5.76 Å². The van der Waals surface area contributed by atoms with Gasteiger partial charge in [0, 0.05) is 17.6 Å². The molecule has 0 radical (unpaired) electrons. The summed E-state index contributed by atoms with van der Waals surface area (Å²) in [6.07, 6.45) is 0. The molecule has 1 heterocycles. The maximum absolute atomic E-state index is 12.3. The lowest BCUT2D eigenvalue weighted by molar-refractivity contribution is -0.139. The number of ketones is 1. The molecule has 1 amide bonds. The topological polar surface area (TPSA) is 57.6 Å². The van der Waals surface area contributed by atoms with Crippen molar-refractivity contribution in [1.29, 1.82) is 0 Å². The third-order valence-electron chi connectivity index (χ3n) is 3.91. The van der Waals surface area contributed by atoms with Gasteiger partial charge in [0.15, 0.2) is 0 Å². The molecule has 3 rings (SSSR count). The van der Waals surface area contributed by atoms with Crippen molar-refractivity contribution < 1.29 is 14.7 Å². The summed E-state index contributed by atoms with van der Waals surface area (Å²) in [5.74, 6) is -1.50. The first-order valence-electron chi connectivity index (χ1n) is 7.06. The van der Waals surface area contributed by atoms with Crippen LogP contribution >= 0.6 is 11.6 Å². The van der Waals surface area contributed by atoms with Gasteiger partial charge in [-0.05, 0) is 17.7 Å². The summed E-state index contributed by atoms with van der Waals surface area (Å²) in [4.78, 5) is 25.8. The minimum absolute atomic E-state index is 0.0889. The first-order chi connectivity index (χ1) is 11.0. The van der Waals surface area contributed by atoms with Gasteiger partial charge in [-0.2, -0.15) is 0 Å². The highest BCUT2D eigenvalue weighted by Crippen LogP contribution is 2.38. The molecule has 4 nitrogen and oxygen atoms in total. The molecule has 5 heteroatoms. The van der Waals surface area contributed by atoms with Gasteiger partial charge in [0.2, 0.25) is 0 Å². The van der Waals surface area contributed by atoms with E-state index in [1.807, 2.05) is 6.07 Å². The third kappa shape index (κ3) is 2.62. The molecule has 0 spiro atoms. The summed E-state index contributed by atoms with van der Waals surface area (Å²) in [5.41, 5.74) is 1.30. The molecule has 0 saturated carbocycles. The van der Waals surface area contributed by atoms with E-state index in [0.29, 0.717) is 16.1 Å². The van der Waals surface area contributed by atoms with E-state index in [9.17, 15) is 14.7 Å². The summed E-state index contributed by atoms with van der Waals surface area (Å²) in [7, 11) is 1.55. The number of halogens is 1. The first-order valence-corrected chi connectivity index (χ1v) is 7.44. The standard InChI is InChI=1S/C18H14ClNO3/c1-20-15(11-7-9-13(19)10-8-11)14(17(22)18(20)23)16(21)12-5-3-2-4-6-12/h2-10,15,21H,1H3/t15-/m1/s1. The molecule has 116 valence electrons. The zero-order valence-electron chi connectivity index (χ0n) is 12.4. The molecular weight excluding hydrogens is 314 g/mol. The predicted molar refractivity (Wildman–Crippen MR) is 88.0 cm³/mol. The lowest BCUT2D eigenvalue weighted by Crippen LogP contribution is -2.24.